The number of ether oxygens (including phenoxy) is 2. The molecular weight excluding hydrogens is 300 g/mol. The van der Waals surface area contributed by atoms with E-state index in [0.717, 1.165) is 5.56 Å². The largest absolute Gasteiger partial charge is 0.489 e. The van der Waals surface area contributed by atoms with E-state index in [2.05, 4.69) is 4.74 Å². The zero-order valence-electron chi connectivity index (χ0n) is 11.1. The Morgan fingerprint density at radius 1 is 1.14 bits per heavy atom. The molecule has 0 bridgehead atoms. The molecule has 0 saturated heterocycles. The van der Waals surface area contributed by atoms with Crippen molar-refractivity contribution >= 4 is 11.6 Å². The molecule has 0 heterocycles. The summed E-state index contributed by atoms with van der Waals surface area (Å²) in [7, 11) is 0. The fourth-order valence-electron chi connectivity index (χ4n) is 1.80. The third kappa shape index (κ3) is 4.58. The summed E-state index contributed by atoms with van der Waals surface area (Å²) >= 11 is 5.87. The van der Waals surface area contributed by atoms with E-state index in [0.29, 0.717) is 22.9 Å². The highest BCUT2D eigenvalue weighted by Crippen LogP contribution is 2.26. The van der Waals surface area contributed by atoms with Crippen LogP contribution in [0.15, 0.2) is 42.5 Å². The van der Waals surface area contributed by atoms with Crippen molar-refractivity contribution in [2.45, 2.75) is 19.8 Å². The number of hydrogen-bond donors (Lipinski definition) is 1. The van der Waals surface area contributed by atoms with Gasteiger partial charge in [-0.15, -0.1) is 0 Å². The first-order chi connectivity index (χ1) is 10.1. The molecule has 0 aliphatic carbocycles. The molecule has 0 saturated carbocycles. The van der Waals surface area contributed by atoms with Crippen molar-refractivity contribution in [2.24, 2.45) is 5.73 Å². The summed E-state index contributed by atoms with van der Waals surface area (Å²) in [6.07, 6.45) is 0. The van der Waals surface area contributed by atoms with Gasteiger partial charge in [-0.05, 0) is 35.9 Å². The van der Waals surface area contributed by atoms with Crippen LogP contribution in [0.25, 0.3) is 0 Å². The van der Waals surface area contributed by atoms with Gasteiger partial charge < -0.3 is 15.2 Å². The van der Waals surface area contributed by atoms with E-state index in [-0.39, 0.29) is 12.4 Å². The first-order valence-electron chi connectivity index (χ1n) is 6.23. The van der Waals surface area contributed by atoms with Crippen LogP contribution in [-0.2, 0) is 13.2 Å². The summed E-state index contributed by atoms with van der Waals surface area (Å²) in [5.74, 6) is 0.644. The van der Waals surface area contributed by atoms with Gasteiger partial charge >= 0.3 is 6.61 Å². The van der Waals surface area contributed by atoms with Crippen molar-refractivity contribution in [2.75, 3.05) is 0 Å². The molecule has 0 amide bonds. The second kappa shape index (κ2) is 7.24. The molecule has 0 radical (unpaired) electrons. The summed E-state index contributed by atoms with van der Waals surface area (Å²) < 4.78 is 34.7. The highest BCUT2D eigenvalue weighted by molar-refractivity contribution is 6.30. The van der Waals surface area contributed by atoms with Gasteiger partial charge in [0.05, 0.1) is 0 Å². The van der Waals surface area contributed by atoms with Crippen LogP contribution >= 0.6 is 11.6 Å². The standard InChI is InChI=1S/C15H14ClF2NO2/c16-12-4-5-14(21-15(17)18)11(7-12)9-20-13-3-1-2-10(6-13)8-19/h1-7,15H,8-9,19H2. The molecule has 112 valence electrons. The van der Waals surface area contributed by atoms with Gasteiger partial charge in [0.15, 0.2) is 0 Å². The Balaban J connectivity index is 2.12. The van der Waals surface area contributed by atoms with Gasteiger partial charge in [-0.25, -0.2) is 0 Å². The molecule has 0 spiro atoms. The average Bonchev–Trinajstić information content (AvgIpc) is 2.47. The Bertz CT molecular complexity index is 608. The monoisotopic (exact) mass is 313 g/mol. The predicted molar refractivity (Wildman–Crippen MR) is 76.7 cm³/mol. The number of nitrogens with two attached hydrogens (primary N) is 1. The zero-order valence-corrected chi connectivity index (χ0v) is 11.8. The molecule has 6 heteroatoms. The van der Waals surface area contributed by atoms with Crippen molar-refractivity contribution < 1.29 is 18.3 Å². The van der Waals surface area contributed by atoms with Crippen molar-refractivity contribution in [3.05, 3.63) is 58.6 Å². The summed E-state index contributed by atoms with van der Waals surface area (Å²) in [5, 5.41) is 0.422. The van der Waals surface area contributed by atoms with Crippen molar-refractivity contribution in [1.29, 1.82) is 0 Å². The van der Waals surface area contributed by atoms with E-state index >= 15 is 0 Å². The smallest absolute Gasteiger partial charge is 0.387 e. The Morgan fingerprint density at radius 3 is 2.67 bits per heavy atom. The van der Waals surface area contributed by atoms with E-state index in [9.17, 15) is 8.78 Å². The molecule has 2 aromatic rings. The third-order valence-corrected chi connectivity index (χ3v) is 3.00. The van der Waals surface area contributed by atoms with E-state index in [1.54, 1.807) is 12.1 Å². The topological polar surface area (TPSA) is 44.5 Å². The molecule has 0 aliphatic heterocycles. The van der Waals surface area contributed by atoms with Gasteiger partial charge in [-0.3, -0.25) is 0 Å². The maximum absolute atomic E-state index is 12.4. The normalized spacial score (nSPS) is 10.7. The highest BCUT2D eigenvalue weighted by atomic mass is 35.5. The first-order valence-corrected chi connectivity index (χ1v) is 6.61. The van der Waals surface area contributed by atoms with E-state index < -0.39 is 6.61 Å². The van der Waals surface area contributed by atoms with Crippen molar-refractivity contribution in [3.63, 3.8) is 0 Å². The zero-order chi connectivity index (χ0) is 15.2. The summed E-state index contributed by atoms with van der Waals surface area (Å²) in [6.45, 7) is -2.43. The van der Waals surface area contributed by atoms with E-state index in [1.807, 2.05) is 12.1 Å². The molecule has 2 rings (SSSR count). The molecule has 2 aromatic carbocycles. The molecule has 0 atom stereocenters. The summed E-state index contributed by atoms with van der Waals surface area (Å²) in [5.41, 5.74) is 6.91. The number of halogens is 3. The van der Waals surface area contributed by atoms with Crippen LogP contribution in [0.3, 0.4) is 0 Å². The van der Waals surface area contributed by atoms with Crippen LogP contribution in [0, 0.1) is 0 Å². The molecule has 3 nitrogen and oxygen atoms in total. The quantitative estimate of drug-likeness (QED) is 0.877. The lowest BCUT2D eigenvalue weighted by atomic mass is 10.2. The number of rotatable bonds is 6. The Kier molecular flexibility index (Phi) is 5.36. The minimum atomic E-state index is -2.90. The van der Waals surface area contributed by atoms with Gasteiger partial charge in [0.25, 0.3) is 0 Å². The molecule has 2 N–H and O–H groups in total. The maximum atomic E-state index is 12.4. The summed E-state index contributed by atoms with van der Waals surface area (Å²) in [4.78, 5) is 0. The number of hydrogen-bond acceptors (Lipinski definition) is 3. The average molecular weight is 314 g/mol. The lowest BCUT2D eigenvalue weighted by Gasteiger charge is -2.12. The van der Waals surface area contributed by atoms with Gasteiger partial charge in [0.2, 0.25) is 0 Å². The SMILES string of the molecule is NCc1cccc(OCc2cc(Cl)ccc2OC(F)F)c1. The lowest BCUT2D eigenvalue weighted by molar-refractivity contribution is -0.0508. The van der Waals surface area contributed by atoms with Gasteiger partial charge in [0.1, 0.15) is 18.1 Å². The molecule has 0 aromatic heterocycles. The fraction of sp³-hybridized carbons (Fsp3) is 0.200. The molecule has 21 heavy (non-hydrogen) atoms. The van der Waals surface area contributed by atoms with Gasteiger partial charge in [-0.1, -0.05) is 23.7 Å². The van der Waals surface area contributed by atoms with Crippen molar-refractivity contribution in [1.82, 2.24) is 0 Å². The summed E-state index contributed by atoms with van der Waals surface area (Å²) in [6, 6.07) is 11.6. The number of alkyl halides is 2. The Labute approximate surface area is 126 Å². The van der Waals surface area contributed by atoms with Crippen LogP contribution in [0.1, 0.15) is 11.1 Å². The third-order valence-electron chi connectivity index (χ3n) is 2.77. The van der Waals surface area contributed by atoms with Crippen LogP contribution in [0.5, 0.6) is 11.5 Å². The van der Waals surface area contributed by atoms with Crippen LogP contribution in [0.4, 0.5) is 8.78 Å². The van der Waals surface area contributed by atoms with Crippen molar-refractivity contribution in [3.8, 4) is 11.5 Å². The van der Waals surface area contributed by atoms with E-state index in [4.69, 9.17) is 22.1 Å². The minimum absolute atomic E-state index is 0.0457. The Morgan fingerprint density at radius 2 is 1.95 bits per heavy atom. The first kappa shape index (κ1) is 15.5. The Hall–Kier alpha value is -1.85. The van der Waals surface area contributed by atoms with E-state index in [1.165, 1.54) is 18.2 Å². The second-order valence-corrected chi connectivity index (χ2v) is 4.71. The molecule has 0 fully saturated rings. The second-order valence-electron chi connectivity index (χ2n) is 4.27. The number of benzene rings is 2. The van der Waals surface area contributed by atoms with Crippen LogP contribution in [0.2, 0.25) is 5.02 Å². The van der Waals surface area contributed by atoms with Gasteiger partial charge in [0, 0.05) is 17.1 Å². The molecular formula is C15H14ClF2NO2. The predicted octanol–water partition coefficient (Wildman–Crippen LogP) is 3.98. The minimum Gasteiger partial charge on any atom is -0.489 e. The maximum Gasteiger partial charge on any atom is 0.387 e. The lowest BCUT2D eigenvalue weighted by Crippen LogP contribution is -2.06. The molecule has 0 aliphatic rings. The van der Waals surface area contributed by atoms with Crippen LogP contribution < -0.4 is 15.2 Å². The van der Waals surface area contributed by atoms with Crippen LogP contribution in [-0.4, -0.2) is 6.61 Å². The fourth-order valence-corrected chi connectivity index (χ4v) is 1.99. The van der Waals surface area contributed by atoms with Gasteiger partial charge in [-0.2, -0.15) is 8.78 Å². The molecule has 0 unspecified atom stereocenters. The highest BCUT2D eigenvalue weighted by Gasteiger charge is 2.11.